The molecule has 1 aromatic rings. The topological polar surface area (TPSA) is 61.5 Å². The lowest BCUT2D eigenvalue weighted by atomic mass is 10.0. The Balaban J connectivity index is 0.00000529. The third-order valence-corrected chi connectivity index (χ3v) is 2.69. The van der Waals surface area contributed by atoms with Crippen LogP contribution < -0.4 is 10.5 Å². The Labute approximate surface area is 139 Å². The molecule has 0 spiro atoms. The average Bonchev–Trinajstić information content (AvgIpc) is 2.46. The molecule has 138 valence electrons. The molecule has 24 heavy (non-hydrogen) atoms. The number of benzene rings is 1. The van der Waals surface area contributed by atoms with Gasteiger partial charge in [-0.1, -0.05) is 18.2 Å². The first-order valence-electron chi connectivity index (χ1n) is 6.28. The predicted octanol–water partition coefficient (Wildman–Crippen LogP) is 3.54. The Kier molecular flexibility index (Phi) is 7.84. The summed E-state index contributed by atoms with van der Waals surface area (Å²) in [6, 6.07) is 1.42. The van der Waals surface area contributed by atoms with Crippen molar-refractivity contribution in [2.45, 2.75) is 31.4 Å². The first-order valence-corrected chi connectivity index (χ1v) is 6.28. The molecule has 0 fully saturated rings. The van der Waals surface area contributed by atoms with Crippen LogP contribution in [0.25, 0.3) is 0 Å². The number of rotatable bonds is 7. The second kappa shape index (κ2) is 8.43. The van der Waals surface area contributed by atoms with E-state index in [2.05, 4.69) is 9.47 Å². The summed E-state index contributed by atoms with van der Waals surface area (Å²) in [5.74, 6) is -7.23. The predicted molar refractivity (Wildman–Crippen MR) is 73.8 cm³/mol. The zero-order valence-corrected chi connectivity index (χ0v) is 13.0. The number of hydrogen-bond donors (Lipinski definition) is 1. The molecule has 0 bridgehead atoms. The molecule has 0 aliphatic heterocycles. The van der Waals surface area contributed by atoms with Crippen LogP contribution in [0.2, 0.25) is 0 Å². The molecule has 0 aliphatic rings. The summed E-state index contributed by atoms with van der Waals surface area (Å²) in [6.07, 6.45) is -9.09. The molecule has 0 amide bonds. The fraction of sp³-hybridized carbons (Fsp3) is 0.462. The Morgan fingerprint density at radius 2 is 1.75 bits per heavy atom. The lowest BCUT2D eigenvalue weighted by Gasteiger charge is -2.25. The molecule has 0 saturated carbocycles. The van der Waals surface area contributed by atoms with Gasteiger partial charge in [0.25, 0.3) is 0 Å². The van der Waals surface area contributed by atoms with E-state index in [0.717, 1.165) is 24.3 Å². The van der Waals surface area contributed by atoms with Gasteiger partial charge in [0.1, 0.15) is 11.8 Å². The third kappa shape index (κ3) is 4.91. The van der Waals surface area contributed by atoms with Gasteiger partial charge < -0.3 is 15.2 Å². The van der Waals surface area contributed by atoms with E-state index in [-0.39, 0.29) is 19.0 Å². The lowest BCUT2D eigenvalue weighted by Crippen LogP contribution is -2.42. The number of esters is 1. The van der Waals surface area contributed by atoms with E-state index < -0.39 is 41.8 Å². The van der Waals surface area contributed by atoms with Crippen molar-refractivity contribution >= 4 is 18.4 Å². The summed E-state index contributed by atoms with van der Waals surface area (Å²) in [4.78, 5) is 11.2. The fourth-order valence-corrected chi connectivity index (χ4v) is 1.57. The van der Waals surface area contributed by atoms with E-state index in [1.54, 1.807) is 0 Å². The van der Waals surface area contributed by atoms with Crippen molar-refractivity contribution in [1.82, 2.24) is 0 Å². The lowest BCUT2D eigenvalue weighted by molar-refractivity contribution is -0.253. The van der Waals surface area contributed by atoms with Crippen molar-refractivity contribution in [1.29, 1.82) is 0 Å². The number of hydrogen-bond acceptors (Lipinski definition) is 4. The summed E-state index contributed by atoms with van der Waals surface area (Å²) in [7, 11) is 0. The average molecular weight is 382 g/mol. The van der Waals surface area contributed by atoms with E-state index in [0.29, 0.717) is 0 Å². The second-order valence-electron chi connectivity index (χ2n) is 4.32. The number of halogens is 7. The molecular weight excluding hydrogens is 368 g/mol. The minimum atomic E-state index is -4.91. The number of alkyl halides is 6. The largest absolute Gasteiger partial charge is 0.462 e. The Bertz CT molecular complexity index is 558. The van der Waals surface area contributed by atoms with Gasteiger partial charge in [0.05, 0.1) is 6.61 Å². The standard InChI is InChI=1S/C13H13F6NO3.ClH/c1-2-22-11(21)12(16,17)9(20)7-5-3-4-6-8(7)23-13(18,19)10(14)15;/h3-6,9-10H,2,20H2,1H3;1H/t9-;/m1./s1. The molecule has 0 unspecified atom stereocenters. The van der Waals surface area contributed by atoms with Crippen molar-refractivity contribution in [3.63, 3.8) is 0 Å². The van der Waals surface area contributed by atoms with Crippen LogP contribution in [0.3, 0.4) is 0 Å². The van der Waals surface area contributed by atoms with Gasteiger partial charge in [-0.2, -0.15) is 26.3 Å². The van der Waals surface area contributed by atoms with Crippen LogP contribution in [0.15, 0.2) is 24.3 Å². The van der Waals surface area contributed by atoms with Crippen molar-refractivity contribution in [2.75, 3.05) is 6.61 Å². The van der Waals surface area contributed by atoms with Crippen molar-refractivity contribution < 1.29 is 40.6 Å². The quantitative estimate of drug-likeness (QED) is 0.579. The summed E-state index contributed by atoms with van der Waals surface area (Å²) in [5, 5.41) is 0. The van der Waals surface area contributed by atoms with E-state index in [4.69, 9.17) is 5.73 Å². The minimum absolute atomic E-state index is 0. The minimum Gasteiger partial charge on any atom is -0.462 e. The first kappa shape index (κ1) is 22.3. The number of ether oxygens (including phenoxy) is 2. The third-order valence-electron chi connectivity index (χ3n) is 2.69. The van der Waals surface area contributed by atoms with E-state index >= 15 is 0 Å². The van der Waals surface area contributed by atoms with Crippen molar-refractivity contribution in [2.24, 2.45) is 5.73 Å². The fourth-order valence-electron chi connectivity index (χ4n) is 1.57. The number of carbonyl (C=O) groups excluding carboxylic acids is 1. The van der Waals surface area contributed by atoms with Crippen LogP contribution >= 0.6 is 12.4 Å². The van der Waals surface area contributed by atoms with Gasteiger partial charge in [-0.25, -0.2) is 4.79 Å². The maximum atomic E-state index is 13.9. The van der Waals surface area contributed by atoms with Gasteiger partial charge in [-0.05, 0) is 13.0 Å². The first-order chi connectivity index (χ1) is 10.5. The van der Waals surface area contributed by atoms with Crippen LogP contribution in [0.1, 0.15) is 18.5 Å². The Morgan fingerprint density at radius 1 is 1.21 bits per heavy atom. The van der Waals surface area contributed by atoms with Gasteiger partial charge in [-0.15, -0.1) is 12.4 Å². The van der Waals surface area contributed by atoms with Gasteiger partial charge in [0.2, 0.25) is 0 Å². The highest BCUT2D eigenvalue weighted by Gasteiger charge is 2.50. The van der Waals surface area contributed by atoms with E-state index in [1.165, 1.54) is 6.92 Å². The number of para-hydroxylation sites is 1. The summed E-state index contributed by atoms with van der Waals surface area (Å²) < 4.78 is 85.9. The maximum Gasteiger partial charge on any atom is 0.461 e. The van der Waals surface area contributed by atoms with Crippen molar-refractivity contribution in [3.8, 4) is 5.75 Å². The van der Waals surface area contributed by atoms with Gasteiger partial charge in [0.15, 0.2) is 0 Å². The number of carbonyl (C=O) groups is 1. The molecule has 11 heteroatoms. The molecule has 1 aromatic carbocycles. The van der Waals surface area contributed by atoms with Crippen LogP contribution in [0, 0.1) is 0 Å². The molecular formula is C13H14ClF6NO3. The van der Waals surface area contributed by atoms with Crippen LogP contribution in [0.5, 0.6) is 5.75 Å². The summed E-state index contributed by atoms with van der Waals surface area (Å²) >= 11 is 0. The molecule has 1 atom stereocenters. The van der Waals surface area contributed by atoms with Crippen LogP contribution in [-0.4, -0.2) is 31.0 Å². The SMILES string of the molecule is CCOC(=O)C(F)(F)[C@H](N)c1ccccc1OC(F)(F)C(F)F.Cl. The van der Waals surface area contributed by atoms with E-state index in [1.807, 2.05) is 0 Å². The normalized spacial score (nSPS) is 13.2. The molecule has 0 aromatic heterocycles. The molecule has 0 aliphatic carbocycles. The molecule has 4 nitrogen and oxygen atoms in total. The second-order valence-corrected chi connectivity index (χ2v) is 4.32. The highest BCUT2D eigenvalue weighted by Crippen LogP contribution is 2.38. The van der Waals surface area contributed by atoms with Gasteiger partial charge >= 0.3 is 24.4 Å². The highest BCUT2D eigenvalue weighted by molar-refractivity contribution is 5.85. The van der Waals surface area contributed by atoms with Crippen molar-refractivity contribution in [3.05, 3.63) is 29.8 Å². The zero-order chi connectivity index (χ0) is 17.8. The van der Waals surface area contributed by atoms with Crippen LogP contribution in [-0.2, 0) is 9.53 Å². The highest BCUT2D eigenvalue weighted by atomic mass is 35.5. The smallest absolute Gasteiger partial charge is 0.461 e. The van der Waals surface area contributed by atoms with Gasteiger partial charge in [0, 0.05) is 5.56 Å². The molecule has 0 heterocycles. The summed E-state index contributed by atoms with van der Waals surface area (Å²) in [5.41, 5.74) is 4.49. The van der Waals surface area contributed by atoms with E-state index in [9.17, 15) is 31.1 Å². The molecule has 0 saturated heterocycles. The summed E-state index contributed by atoms with van der Waals surface area (Å²) in [6.45, 7) is 0.919. The monoisotopic (exact) mass is 381 g/mol. The molecule has 1 rings (SSSR count). The maximum absolute atomic E-state index is 13.9. The Hall–Kier alpha value is -1.68. The van der Waals surface area contributed by atoms with Gasteiger partial charge in [-0.3, -0.25) is 0 Å². The molecule has 0 radical (unpaired) electrons. The zero-order valence-electron chi connectivity index (χ0n) is 12.1. The molecule has 2 N–H and O–H groups in total. The number of nitrogens with two attached hydrogens (primary N) is 1. The van der Waals surface area contributed by atoms with Crippen LogP contribution in [0.4, 0.5) is 26.3 Å². The Morgan fingerprint density at radius 3 is 2.25 bits per heavy atom.